The zero-order chi connectivity index (χ0) is 11.4. The van der Waals surface area contributed by atoms with Gasteiger partial charge < -0.3 is 0 Å². The van der Waals surface area contributed by atoms with E-state index in [-0.39, 0.29) is 0 Å². The van der Waals surface area contributed by atoms with Crippen LogP contribution in [-0.2, 0) is 6.54 Å². The van der Waals surface area contributed by atoms with Crippen molar-refractivity contribution in [3.63, 3.8) is 0 Å². The lowest BCUT2D eigenvalue weighted by Crippen LogP contribution is -2.35. The van der Waals surface area contributed by atoms with Crippen LogP contribution in [0.1, 0.15) is 18.9 Å². The molecule has 0 aliphatic heterocycles. The summed E-state index contributed by atoms with van der Waals surface area (Å²) in [5.74, 6) is 0. The predicted molar refractivity (Wildman–Crippen MR) is 67.1 cm³/mol. The lowest BCUT2D eigenvalue weighted by molar-refractivity contribution is -0.686. The Morgan fingerprint density at radius 1 is 1.06 bits per heavy atom. The standard InChI is InChI=1S/C15H18N/c1-3-10-16-11-5-4-9-15(16)14-8-6-7-13(2)12-14/h4-9,11-12H,3,10H2,1-2H3/q+1. The lowest BCUT2D eigenvalue weighted by Gasteiger charge is -2.03. The van der Waals surface area contributed by atoms with E-state index in [0.29, 0.717) is 0 Å². The summed E-state index contributed by atoms with van der Waals surface area (Å²) in [7, 11) is 0. The number of rotatable bonds is 3. The third-order valence-electron chi connectivity index (χ3n) is 2.72. The number of hydrogen-bond acceptors (Lipinski definition) is 0. The molecule has 0 fully saturated rings. The molecule has 0 aliphatic carbocycles. The zero-order valence-corrected chi connectivity index (χ0v) is 9.98. The minimum absolute atomic E-state index is 1.07. The predicted octanol–water partition coefficient (Wildman–Crippen LogP) is 3.36. The number of pyridine rings is 1. The van der Waals surface area contributed by atoms with Crippen molar-refractivity contribution in [2.24, 2.45) is 0 Å². The molecule has 2 rings (SSSR count). The van der Waals surface area contributed by atoms with E-state index in [1.807, 2.05) is 0 Å². The molecule has 1 heterocycles. The molecule has 2 aromatic rings. The molecule has 1 aromatic heterocycles. The molecule has 0 atom stereocenters. The van der Waals surface area contributed by atoms with Crippen LogP contribution in [0, 0.1) is 6.92 Å². The van der Waals surface area contributed by atoms with Gasteiger partial charge in [0, 0.05) is 24.1 Å². The van der Waals surface area contributed by atoms with Gasteiger partial charge in [-0.25, -0.2) is 0 Å². The minimum atomic E-state index is 1.07. The number of nitrogens with zero attached hydrogens (tertiary/aromatic N) is 1. The van der Waals surface area contributed by atoms with Crippen LogP contribution in [0.3, 0.4) is 0 Å². The average molecular weight is 212 g/mol. The van der Waals surface area contributed by atoms with Gasteiger partial charge in [-0.1, -0.05) is 24.6 Å². The molecule has 1 aromatic carbocycles. The molecule has 0 amide bonds. The second-order valence-corrected chi connectivity index (χ2v) is 4.15. The molecule has 0 unspecified atom stereocenters. The molecule has 0 N–H and O–H groups in total. The fourth-order valence-corrected chi connectivity index (χ4v) is 1.98. The van der Waals surface area contributed by atoms with Crippen LogP contribution < -0.4 is 4.57 Å². The van der Waals surface area contributed by atoms with Gasteiger partial charge in [-0.2, -0.15) is 4.57 Å². The maximum absolute atomic E-state index is 2.31. The van der Waals surface area contributed by atoms with Gasteiger partial charge in [-0.05, 0) is 25.1 Å². The summed E-state index contributed by atoms with van der Waals surface area (Å²) in [6, 6.07) is 15.0. The molecule has 1 nitrogen and oxygen atoms in total. The monoisotopic (exact) mass is 212 g/mol. The average Bonchev–Trinajstić information content (AvgIpc) is 2.30. The van der Waals surface area contributed by atoms with Crippen molar-refractivity contribution in [1.82, 2.24) is 0 Å². The van der Waals surface area contributed by atoms with Crippen LogP contribution in [-0.4, -0.2) is 0 Å². The van der Waals surface area contributed by atoms with E-state index in [9.17, 15) is 0 Å². The fraction of sp³-hybridized carbons (Fsp3) is 0.267. The molecule has 82 valence electrons. The summed E-state index contributed by atoms with van der Waals surface area (Å²) in [5.41, 5.74) is 3.91. The third kappa shape index (κ3) is 2.30. The molecule has 0 spiro atoms. The second kappa shape index (κ2) is 4.93. The Labute approximate surface area is 97.4 Å². The van der Waals surface area contributed by atoms with Gasteiger partial charge in [0.15, 0.2) is 6.20 Å². The van der Waals surface area contributed by atoms with E-state index in [4.69, 9.17) is 0 Å². The van der Waals surface area contributed by atoms with Gasteiger partial charge in [0.25, 0.3) is 0 Å². The molecule has 0 saturated heterocycles. The minimum Gasteiger partial charge on any atom is -0.198 e. The van der Waals surface area contributed by atoms with Crippen molar-refractivity contribution in [1.29, 1.82) is 0 Å². The van der Waals surface area contributed by atoms with Crippen LogP contribution in [0.5, 0.6) is 0 Å². The highest BCUT2D eigenvalue weighted by atomic mass is 14.9. The summed E-state index contributed by atoms with van der Waals surface area (Å²) in [6.07, 6.45) is 3.31. The first-order valence-electron chi connectivity index (χ1n) is 5.87. The first-order chi connectivity index (χ1) is 7.81. The Hall–Kier alpha value is -1.63. The first-order valence-corrected chi connectivity index (χ1v) is 5.87. The van der Waals surface area contributed by atoms with Crippen molar-refractivity contribution in [2.75, 3.05) is 0 Å². The summed E-state index contributed by atoms with van der Waals surface area (Å²) in [6.45, 7) is 5.42. The molecule has 16 heavy (non-hydrogen) atoms. The van der Waals surface area contributed by atoms with Crippen LogP contribution >= 0.6 is 0 Å². The van der Waals surface area contributed by atoms with Gasteiger partial charge in [-0.15, -0.1) is 0 Å². The summed E-state index contributed by atoms with van der Waals surface area (Å²) >= 11 is 0. The Morgan fingerprint density at radius 3 is 2.69 bits per heavy atom. The molecular weight excluding hydrogens is 194 g/mol. The van der Waals surface area contributed by atoms with E-state index >= 15 is 0 Å². The fourth-order valence-electron chi connectivity index (χ4n) is 1.98. The van der Waals surface area contributed by atoms with Gasteiger partial charge in [0.2, 0.25) is 5.69 Å². The maximum atomic E-state index is 2.31. The highest BCUT2D eigenvalue weighted by Crippen LogP contribution is 2.16. The van der Waals surface area contributed by atoms with Gasteiger partial charge in [0.05, 0.1) is 0 Å². The molecule has 0 bridgehead atoms. The molecule has 0 saturated carbocycles. The summed E-state index contributed by atoms with van der Waals surface area (Å²) in [4.78, 5) is 0. The molecule has 1 heteroatoms. The third-order valence-corrected chi connectivity index (χ3v) is 2.72. The number of hydrogen-bond donors (Lipinski definition) is 0. The molecular formula is C15H18N+. The highest BCUT2D eigenvalue weighted by molar-refractivity contribution is 5.56. The van der Waals surface area contributed by atoms with E-state index in [0.717, 1.165) is 13.0 Å². The van der Waals surface area contributed by atoms with Gasteiger partial charge in [-0.3, -0.25) is 0 Å². The number of benzene rings is 1. The highest BCUT2D eigenvalue weighted by Gasteiger charge is 2.10. The van der Waals surface area contributed by atoms with E-state index in [1.54, 1.807) is 0 Å². The quantitative estimate of drug-likeness (QED) is 0.687. The Bertz CT molecular complexity index is 474. The SMILES string of the molecule is CCC[n+]1ccccc1-c1cccc(C)c1. The van der Waals surface area contributed by atoms with Crippen LogP contribution in [0.2, 0.25) is 0 Å². The van der Waals surface area contributed by atoms with Crippen molar-refractivity contribution >= 4 is 0 Å². The zero-order valence-electron chi connectivity index (χ0n) is 9.98. The largest absolute Gasteiger partial charge is 0.212 e. The lowest BCUT2D eigenvalue weighted by atomic mass is 10.1. The van der Waals surface area contributed by atoms with E-state index in [2.05, 4.69) is 67.1 Å². The summed E-state index contributed by atoms with van der Waals surface area (Å²) < 4.78 is 2.31. The second-order valence-electron chi connectivity index (χ2n) is 4.15. The topological polar surface area (TPSA) is 3.88 Å². The summed E-state index contributed by atoms with van der Waals surface area (Å²) in [5, 5.41) is 0. The van der Waals surface area contributed by atoms with Crippen LogP contribution in [0.15, 0.2) is 48.7 Å². The molecule has 0 aliphatic rings. The van der Waals surface area contributed by atoms with E-state index < -0.39 is 0 Å². The van der Waals surface area contributed by atoms with Crippen LogP contribution in [0.25, 0.3) is 11.3 Å². The van der Waals surface area contributed by atoms with Gasteiger partial charge >= 0.3 is 0 Å². The number of aromatic nitrogens is 1. The smallest absolute Gasteiger partial charge is 0.198 e. The van der Waals surface area contributed by atoms with Gasteiger partial charge in [0.1, 0.15) is 6.54 Å². The van der Waals surface area contributed by atoms with Crippen LogP contribution in [0.4, 0.5) is 0 Å². The maximum Gasteiger partial charge on any atom is 0.212 e. The van der Waals surface area contributed by atoms with E-state index in [1.165, 1.54) is 16.8 Å². The Balaban J connectivity index is 2.46. The van der Waals surface area contributed by atoms with Crippen molar-refractivity contribution in [3.8, 4) is 11.3 Å². The van der Waals surface area contributed by atoms with Crippen molar-refractivity contribution in [2.45, 2.75) is 26.8 Å². The van der Waals surface area contributed by atoms with Crippen molar-refractivity contribution in [3.05, 3.63) is 54.2 Å². The first kappa shape index (κ1) is 10.9. The Kier molecular flexibility index (Phi) is 3.35. The Morgan fingerprint density at radius 2 is 1.94 bits per heavy atom. The van der Waals surface area contributed by atoms with Crippen molar-refractivity contribution < 1.29 is 4.57 Å². The normalized spacial score (nSPS) is 10.4. The number of aryl methyl sites for hydroxylation is 2. The molecule has 0 radical (unpaired) electrons.